The number of rotatable bonds is 6. The summed E-state index contributed by atoms with van der Waals surface area (Å²) in [5, 5.41) is 47.4. The van der Waals surface area contributed by atoms with Crippen molar-refractivity contribution in [1.29, 1.82) is 0 Å². The van der Waals surface area contributed by atoms with Gasteiger partial charge in [0.1, 0.15) is 0 Å². The fourth-order valence-corrected chi connectivity index (χ4v) is 3.96. The first kappa shape index (κ1) is 33.4. The van der Waals surface area contributed by atoms with Crippen LogP contribution in [0.25, 0.3) is 0 Å². The maximum atomic E-state index is 10.2. The van der Waals surface area contributed by atoms with Crippen LogP contribution >= 0.6 is 0 Å². The van der Waals surface area contributed by atoms with Gasteiger partial charge in [0.25, 0.3) is 0 Å². The monoisotopic (exact) mass is 679 g/mol. The van der Waals surface area contributed by atoms with Crippen LogP contribution in [0.4, 0.5) is 0 Å². The van der Waals surface area contributed by atoms with Gasteiger partial charge in [-0.2, -0.15) is 0 Å². The van der Waals surface area contributed by atoms with Crippen LogP contribution in [0.3, 0.4) is 0 Å². The maximum Gasteiger partial charge on any atom is 4.00 e. The summed E-state index contributed by atoms with van der Waals surface area (Å²) >= 11 is 0. The number of carboxylic acids is 4. The summed E-state index contributed by atoms with van der Waals surface area (Å²) in [6, 6.07) is 1.25. The van der Waals surface area contributed by atoms with E-state index in [4.69, 9.17) is 11.5 Å². The molecule has 0 aromatic heterocycles. The van der Waals surface area contributed by atoms with E-state index in [9.17, 15) is 39.6 Å². The standard InChI is InChI=1S/2C6H8O4.2C5H12N2.Pt/c2*7-4(8)6(5(9)10)2-1-3-6;2*6-4-5-2-1-3-7-5;/h2*1-3H2,(H,7,8)(H,9,10);2*5,7H,1-4,6H2;/q;;;;+4/p-4/t;;2*5-;/m..11./s1. The van der Waals surface area contributed by atoms with E-state index < -0.39 is 34.7 Å². The van der Waals surface area contributed by atoms with Crippen LogP contribution in [0.2, 0.25) is 0 Å². The minimum atomic E-state index is -1.67. The molecule has 0 aromatic carbocycles. The Labute approximate surface area is 219 Å². The second-order valence-corrected chi connectivity index (χ2v) is 9.08. The van der Waals surface area contributed by atoms with E-state index in [2.05, 4.69) is 10.6 Å². The molecule has 12 nitrogen and oxygen atoms in total. The Kier molecular flexibility index (Phi) is 15.5. The summed E-state index contributed by atoms with van der Waals surface area (Å²) in [5.41, 5.74) is 7.41. The molecule has 202 valence electrons. The first-order valence-electron chi connectivity index (χ1n) is 11.8. The molecule has 0 spiro atoms. The molecule has 4 aliphatic rings. The molecule has 0 aromatic rings. The van der Waals surface area contributed by atoms with Crippen LogP contribution in [-0.4, -0.2) is 62.1 Å². The Morgan fingerprint density at radius 2 is 0.914 bits per heavy atom. The Hall–Kier alpha value is -1.59. The molecule has 4 fully saturated rings. The van der Waals surface area contributed by atoms with Crippen molar-refractivity contribution in [2.75, 3.05) is 26.2 Å². The number of carboxylic acid groups (broad SMARTS) is 4. The summed E-state index contributed by atoms with van der Waals surface area (Å²) in [4.78, 5) is 40.9. The van der Waals surface area contributed by atoms with Gasteiger partial charge in [0.2, 0.25) is 0 Å². The molecule has 13 heteroatoms. The first-order valence-corrected chi connectivity index (χ1v) is 11.8. The molecule has 2 aliphatic carbocycles. The number of aliphatic carboxylic acids is 4. The number of nitrogens with two attached hydrogens (primary N) is 2. The fraction of sp³-hybridized carbons (Fsp3) is 0.818. The predicted molar refractivity (Wildman–Crippen MR) is 113 cm³/mol. The quantitative estimate of drug-likeness (QED) is 0.193. The molecule has 4 rings (SSSR count). The van der Waals surface area contributed by atoms with Gasteiger partial charge in [0.05, 0.1) is 23.9 Å². The Morgan fingerprint density at radius 3 is 0.971 bits per heavy atom. The minimum Gasteiger partial charge on any atom is -0.549 e. The number of hydrogen-bond donors (Lipinski definition) is 4. The molecule has 2 aliphatic heterocycles. The molecule has 2 saturated heterocycles. The van der Waals surface area contributed by atoms with Crippen molar-refractivity contribution in [2.24, 2.45) is 22.3 Å². The molecular formula is C22H36N4O8Pt. The summed E-state index contributed by atoms with van der Waals surface area (Å²) in [7, 11) is 0. The van der Waals surface area contributed by atoms with Crippen LogP contribution in [-0.2, 0) is 40.2 Å². The maximum absolute atomic E-state index is 10.2. The minimum absolute atomic E-state index is 0. The zero-order valence-corrected chi connectivity index (χ0v) is 22.1. The molecule has 2 atom stereocenters. The van der Waals surface area contributed by atoms with Gasteiger partial charge in [-0.1, -0.05) is 12.8 Å². The van der Waals surface area contributed by atoms with Crippen molar-refractivity contribution in [3.8, 4) is 0 Å². The van der Waals surface area contributed by atoms with E-state index >= 15 is 0 Å². The Morgan fingerprint density at radius 1 is 0.629 bits per heavy atom. The second-order valence-electron chi connectivity index (χ2n) is 9.08. The van der Waals surface area contributed by atoms with Crippen LogP contribution < -0.4 is 42.5 Å². The zero-order chi connectivity index (χ0) is 25.8. The van der Waals surface area contributed by atoms with E-state index in [1.165, 1.54) is 38.8 Å². The topological polar surface area (TPSA) is 237 Å². The molecule has 0 bridgehead atoms. The Balaban J connectivity index is 0.000000442. The van der Waals surface area contributed by atoms with Crippen molar-refractivity contribution in [3.63, 3.8) is 0 Å². The van der Waals surface area contributed by atoms with Crippen LogP contribution in [0.5, 0.6) is 0 Å². The second kappa shape index (κ2) is 16.2. The van der Waals surface area contributed by atoms with Gasteiger partial charge in [-0.3, -0.25) is 0 Å². The first-order chi connectivity index (χ1) is 16.1. The van der Waals surface area contributed by atoms with Crippen molar-refractivity contribution in [3.05, 3.63) is 0 Å². The number of hydrogen-bond acceptors (Lipinski definition) is 12. The third-order valence-electron chi connectivity index (χ3n) is 6.87. The molecule has 0 amide bonds. The number of nitrogens with one attached hydrogen (secondary N) is 2. The Bertz CT molecular complexity index is 599. The van der Waals surface area contributed by atoms with Gasteiger partial charge in [-0.25, -0.2) is 0 Å². The fourth-order valence-electron chi connectivity index (χ4n) is 3.96. The third-order valence-corrected chi connectivity index (χ3v) is 6.87. The van der Waals surface area contributed by atoms with Crippen molar-refractivity contribution in [2.45, 2.75) is 76.3 Å². The summed E-state index contributed by atoms with van der Waals surface area (Å²) in [6.45, 7) is 3.95. The van der Waals surface area contributed by atoms with Gasteiger partial charge in [-0.15, -0.1) is 0 Å². The third kappa shape index (κ3) is 9.42. The molecule has 2 saturated carbocycles. The van der Waals surface area contributed by atoms with E-state index in [1.54, 1.807) is 0 Å². The van der Waals surface area contributed by atoms with E-state index in [0.29, 0.717) is 24.9 Å². The molecule has 2 heterocycles. The van der Waals surface area contributed by atoms with Gasteiger partial charge in [0, 0.05) is 36.0 Å². The number of carbonyl (C=O) groups is 4. The zero-order valence-electron chi connectivity index (χ0n) is 19.8. The summed E-state index contributed by atoms with van der Waals surface area (Å²) in [5.74, 6) is -6.06. The number of carbonyl (C=O) groups excluding carboxylic acids is 4. The van der Waals surface area contributed by atoms with Crippen molar-refractivity contribution < 1.29 is 60.7 Å². The van der Waals surface area contributed by atoms with Crippen LogP contribution in [0, 0.1) is 10.8 Å². The normalized spacial score (nSPS) is 24.6. The van der Waals surface area contributed by atoms with Crippen LogP contribution in [0.1, 0.15) is 64.2 Å². The molecule has 0 radical (unpaired) electrons. The summed E-state index contributed by atoms with van der Waals surface area (Å²) < 4.78 is 0. The average molecular weight is 680 g/mol. The van der Waals surface area contributed by atoms with Gasteiger partial charge < -0.3 is 61.7 Å². The summed E-state index contributed by atoms with van der Waals surface area (Å²) in [6.07, 6.45) is 7.02. The van der Waals surface area contributed by atoms with Gasteiger partial charge in [0.15, 0.2) is 0 Å². The van der Waals surface area contributed by atoms with Crippen molar-refractivity contribution >= 4 is 23.9 Å². The largest absolute Gasteiger partial charge is 4.00 e. The SMILES string of the molecule is NC[C@H]1CCCN1.NC[C@H]1CCCN1.O=C([O-])C1(C(=O)[O-])CCC1.O=C([O-])C1(C(=O)[O-])CCC1.[Pt+4]. The predicted octanol–water partition coefficient (Wildman–Crippen LogP) is -5.30. The molecule has 6 N–H and O–H groups in total. The van der Waals surface area contributed by atoms with E-state index in [1.807, 2.05) is 0 Å². The van der Waals surface area contributed by atoms with E-state index in [-0.39, 0.29) is 46.7 Å². The van der Waals surface area contributed by atoms with Crippen LogP contribution in [0.15, 0.2) is 0 Å². The average Bonchev–Trinajstić information content (AvgIpc) is 3.40. The molecule has 0 unspecified atom stereocenters. The smallest absolute Gasteiger partial charge is 0.549 e. The van der Waals surface area contributed by atoms with Crippen molar-refractivity contribution in [1.82, 2.24) is 10.6 Å². The molecule has 35 heavy (non-hydrogen) atoms. The molecular weight excluding hydrogens is 643 g/mol. The van der Waals surface area contributed by atoms with E-state index in [0.717, 1.165) is 13.1 Å². The van der Waals surface area contributed by atoms with Gasteiger partial charge >= 0.3 is 21.1 Å². The van der Waals surface area contributed by atoms with Gasteiger partial charge in [-0.05, 0) is 64.5 Å².